The number of aliphatic carboxylic acids is 1. The van der Waals surface area contributed by atoms with Crippen molar-refractivity contribution >= 4 is 5.97 Å². The van der Waals surface area contributed by atoms with Crippen LogP contribution in [0.1, 0.15) is 23.9 Å². The molecule has 0 bridgehead atoms. The number of nitrogens with zero attached hydrogens (tertiary/aromatic N) is 3. The van der Waals surface area contributed by atoms with Crippen molar-refractivity contribution in [1.82, 2.24) is 14.5 Å². The largest absolute Gasteiger partial charge is 0.481 e. The first-order valence-electron chi connectivity index (χ1n) is 6.19. The van der Waals surface area contributed by atoms with E-state index >= 15 is 0 Å². The van der Waals surface area contributed by atoms with Gasteiger partial charge in [0.2, 0.25) is 0 Å². The van der Waals surface area contributed by atoms with E-state index < -0.39 is 5.97 Å². The van der Waals surface area contributed by atoms with Crippen molar-refractivity contribution in [2.24, 2.45) is 0 Å². The number of carbonyl (C=O) groups is 1. The molecule has 0 aliphatic carbocycles. The molecule has 0 aromatic carbocycles. The monoisotopic (exact) mass is 267 g/mol. The van der Waals surface area contributed by atoms with Crippen molar-refractivity contribution in [3.05, 3.63) is 27.4 Å². The lowest BCUT2D eigenvalue weighted by Crippen LogP contribution is -2.36. The Bertz CT molecular complexity index is 535. The summed E-state index contributed by atoms with van der Waals surface area (Å²) in [7, 11) is 3.87. The van der Waals surface area contributed by atoms with E-state index in [2.05, 4.69) is 4.98 Å². The molecule has 1 heterocycles. The molecule has 1 atom stereocenters. The van der Waals surface area contributed by atoms with Gasteiger partial charge < -0.3 is 10.0 Å². The first-order chi connectivity index (χ1) is 8.73. The molecule has 19 heavy (non-hydrogen) atoms. The van der Waals surface area contributed by atoms with Crippen LogP contribution in [0.5, 0.6) is 0 Å². The lowest BCUT2D eigenvalue weighted by molar-refractivity contribution is -0.136. The van der Waals surface area contributed by atoms with Gasteiger partial charge in [-0.15, -0.1) is 0 Å². The second kappa shape index (κ2) is 5.97. The smallest absolute Gasteiger partial charge is 0.348 e. The molecule has 1 aromatic heterocycles. The highest BCUT2D eigenvalue weighted by Crippen LogP contribution is 2.11. The van der Waals surface area contributed by atoms with Gasteiger partial charge in [0.15, 0.2) is 0 Å². The van der Waals surface area contributed by atoms with Crippen molar-refractivity contribution in [2.75, 3.05) is 14.1 Å². The van der Waals surface area contributed by atoms with E-state index in [4.69, 9.17) is 5.11 Å². The lowest BCUT2D eigenvalue weighted by atomic mass is 10.1. The van der Waals surface area contributed by atoms with Gasteiger partial charge in [-0.05, 0) is 34.9 Å². The van der Waals surface area contributed by atoms with Gasteiger partial charge in [0.05, 0.1) is 6.42 Å². The molecule has 0 aliphatic heterocycles. The van der Waals surface area contributed by atoms with Crippen LogP contribution in [0.15, 0.2) is 4.79 Å². The molecular formula is C13H21N3O3. The Morgan fingerprint density at radius 3 is 2.47 bits per heavy atom. The average molecular weight is 267 g/mol. The standard InChI is InChI=1S/C13H21N3O3/c1-8(15(4)5)7-16-10(3)11(6-12(17)18)9(2)14-13(16)19/h8H,6-7H2,1-5H3,(H,17,18). The van der Waals surface area contributed by atoms with Gasteiger partial charge in [-0.1, -0.05) is 0 Å². The van der Waals surface area contributed by atoms with Gasteiger partial charge >= 0.3 is 11.7 Å². The van der Waals surface area contributed by atoms with Gasteiger partial charge in [0.25, 0.3) is 0 Å². The molecule has 6 nitrogen and oxygen atoms in total. The predicted octanol–water partition coefficient (Wildman–Crippen LogP) is 0.437. The van der Waals surface area contributed by atoms with Gasteiger partial charge in [-0.3, -0.25) is 9.36 Å². The molecule has 0 radical (unpaired) electrons. The van der Waals surface area contributed by atoms with Crippen LogP contribution >= 0.6 is 0 Å². The van der Waals surface area contributed by atoms with E-state index in [1.54, 1.807) is 18.4 Å². The summed E-state index contributed by atoms with van der Waals surface area (Å²) in [6, 6.07) is 0.165. The zero-order valence-electron chi connectivity index (χ0n) is 12.1. The third-order valence-electron chi connectivity index (χ3n) is 3.43. The summed E-state index contributed by atoms with van der Waals surface area (Å²) < 4.78 is 1.55. The van der Waals surface area contributed by atoms with Crippen LogP contribution < -0.4 is 5.69 Å². The normalized spacial score (nSPS) is 12.7. The average Bonchev–Trinajstić information content (AvgIpc) is 2.29. The number of hydrogen-bond donors (Lipinski definition) is 1. The minimum Gasteiger partial charge on any atom is -0.481 e. The van der Waals surface area contributed by atoms with Crippen molar-refractivity contribution < 1.29 is 9.90 Å². The highest BCUT2D eigenvalue weighted by atomic mass is 16.4. The van der Waals surface area contributed by atoms with Crippen molar-refractivity contribution in [3.63, 3.8) is 0 Å². The lowest BCUT2D eigenvalue weighted by Gasteiger charge is -2.23. The van der Waals surface area contributed by atoms with Gasteiger partial charge in [0.1, 0.15) is 0 Å². The second-order valence-corrected chi connectivity index (χ2v) is 5.04. The number of aromatic nitrogens is 2. The Balaban J connectivity index is 3.25. The SMILES string of the molecule is Cc1nc(=O)n(CC(C)N(C)C)c(C)c1CC(=O)O. The number of carboxylic acid groups (broad SMARTS) is 1. The van der Waals surface area contributed by atoms with E-state index in [0.717, 1.165) is 0 Å². The Morgan fingerprint density at radius 1 is 1.42 bits per heavy atom. The summed E-state index contributed by atoms with van der Waals surface area (Å²) in [5.74, 6) is -0.918. The topological polar surface area (TPSA) is 75.4 Å². The zero-order chi connectivity index (χ0) is 14.7. The summed E-state index contributed by atoms with van der Waals surface area (Å²) in [6.45, 7) is 5.95. The first kappa shape index (κ1) is 15.4. The number of carboxylic acids is 1. The molecule has 0 fully saturated rings. The minimum absolute atomic E-state index is 0.110. The molecule has 1 aromatic rings. The van der Waals surface area contributed by atoms with Crippen molar-refractivity contribution in [3.8, 4) is 0 Å². The van der Waals surface area contributed by atoms with Crippen LogP contribution in [0, 0.1) is 13.8 Å². The van der Waals surface area contributed by atoms with Crippen LogP contribution in [0.25, 0.3) is 0 Å². The van der Waals surface area contributed by atoms with Gasteiger partial charge in [0, 0.05) is 29.5 Å². The Labute approximate surface area is 112 Å². The molecule has 0 saturated carbocycles. The fraction of sp³-hybridized carbons (Fsp3) is 0.615. The van der Waals surface area contributed by atoms with Crippen LogP contribution in [0.3, 0.4) is 0 Å². The maximum atomic E-state index is 11.9. The Morgan fingerprint density at radius 2 is 2.00 bits per heavy atom. The van der Waals surface area contributed by atoms with Crippen LogP contribution in [0.4, 0.5) is 0 Å². The molecule has 0 amide bonds. The van der Waals surface area contributed by atoms with E-state index in [-0.39, 0.29) is 18.2 Å². The second-order valence-electron chi connectivity index (χ2n) is 5.04. The third kappa shape index (κ3) is 3.64. The first-order valence-corrected chi connectivity index (χ1v) is 6.19. The predicted molar refractivity (Wildman–Crippen MR) is 72.5 cm³/mol. The third-order valence-corrected chi connectivity index (χ3v) is 3.43. The molecular weight excluding hydrogens is 246 g/mol. The molecule has 0 aliphatic rings. The molecule has 1 unspecified atom stereocenters. The summed E-state index contributed by atoms with van der Waals surface area (Å²) >= 11 is 0. The highest BCUT2D eigenvalue weighted by molar-refractivity contribution is 5.70. The zero-order valence-corrected chi connectivity index (χ0v) is 12.1. The molecule has 1 rings (SSSR count). The van der Waals surface area contributed by atoms with Gasteiger partial charge in [-0.2, -0.15) is 4.98 Å². The van der Waals surface area contributed by atoms with Crippen LogP contribution in [-0.4, -0.2) is 45.7 Å². The van der Waals surface area contributed by atoms with E-state index in [1.165, 1.54) is 0 Å². The van der Waals surface area contributed by atoms with E-state index in [0.29, 0.717) is 23.5 Å². The summed E-state index contributed by atoms with van der Waals surface area (Å²) in [5, 5.41) is 8.92. The summed E-state index contributed by atoms with van der Waals surface area (Å²) in [5.41, 5.74) is 1.49. The van der Waals surface area contributed by atoms with Crippen LogP contribution in [0.2, 0.25) is 0 Å². The minimum atomic E-state index is -0.918. The Hall–Kier alpha value is -1.69. The van der Waals surface area contributed by atoms with Crippen molar-refractivity contribution in [1.29, 1.82) is 0 Å². The molecule has 0 spiro atoms. The maximum absolute atomic E-state index is 11.9. The van der Waals surface area contributed by atoms with E-state index in [9.17, 15) is 9.59 Å². The fourth-order valence-electron chi connectivity index (χ4n) is 1.89. The molecule has 6 heteroatoms. The summed E-state index contributed by atoms with van der Waals surface area (Å²) in [4.78, 5) is 28.7. The maximum Gasteiger partial charge on any atom is 0.348 e. The molecule has 1 N–H and O–H groups in total. The number of aryl methyl sites for hydroxylation is 1. The molecule has 106 valence electrons. The fourth-order valence-corrected chi connectivity index (χ4v) is 1.89. The number of hydrogen-bond acceptors (Lipinski definition) is 4. The number of likely N-dealkylation sites (N-methyl/N-ethyl adjacent to an activating group) is 1. The number of rotatable bonds is 5. The highest BCUT2D eigenvalue weighted by Gasteiger charge is 2.16. The van der Waals surface area contributed by atoms with Crippen LogP contribution in [-0.2, 0) is 17.8 Å². The van der Waals surface area contributed by atoms with Gasteiger partial charge in [-0.25, -0.2) is 4.79 Å². The van der Waals surface area contributed by atoms with Crippen molar-refractivity contribution in [2.45, 2.75) is 39.8 Å². The van der Waals surface area contributed by atoms with E-state index in [1.807, 2.05) is 25.9 Å². The quantitative estimate of drug-likeness (QED) is 0.837. The Kier molecular flexibility index (Phi) is 4.83. The molecule has 0 saturated heterocycles. The summed E-state index contributed by atoms with van der Waals surface area (Å²) in [6.07, 6.45) is -0.110.